The van der Waals surface area contributed by atoms with Crippen molar-refractivity contribution in [2.75, 3.05) is 12.4 Å². The second kappa shape index (κ2) is 14.5. The van der Waals surface area contributed by atoms with Crippen molar-refractivity contribution in [1.82, 2.24) is 14.1 Å². The van der Waals surface area contributed by atoms with Gasteiger partial charge in [-0.15, -0.1) is 0 Å². The number of aromatic nitrogens is 3. The number of imidazole rings is 1. The van der Waals surface area contributed by atoms with Gasteiger partial charge in [0.05, 0.1) is 19.2 Å². The molecule has 0 saturated carbocycles. The van der Waals surface area contributed by atoms with Gasteiger partial charge in [-0.05, 0) is 41.8 Å². The van der Waals surface area contributed by atoms with Crippen molar-refractivity contribution in [3.05, 3.63) is 106 Å². The van der Waals surface area contributed by atoms with Crippen molar-refractivity contribution in [3.63, 3.8) is 0 Å². The fourth-order valence-corrected chi connectivity index (χ4v) is 5.17. The van der Waals surface area contributed by atoms with Crippen LogP contribution < -0.4 is 5.32 Å². The van der Waals surface area contributed by atoms with Crippen LogP contribution in [-0.4, -0.2) is 44.2 Å². The number of aliphatic carboxylic acids is 1. The van der Waals surface area contributed by atoms with Gasteiger partial charge in [0.2, 0.25) is 5.91 Å². The number of benzene rings is 2. The van der Waals surface area contributed by atoms with Crippen LogP contribution in [0.2, 0.25) is 5.15 Å². The summed E-state index contributed by atoms with van der Waals surface area (Å²) >= 11 is 6.43. The number of nitrogens with zero attached hydrogens (tertiary/aromatic N) is 3. The molecular weight excluding hydrogens is 556 g/mol. The second-order valence-corrected chi connectivity index (χ2v) is 10.4. The van der Waals surface area contributed by atoms with E-state index in [2.05, 4.69) is 17.2 Å². The van der Waals surface area contributed by atoms with E-state index in [0.29, 0.717) is 35.2 Å². The standard InChI is InChI=1S/C32H35ClN4O5/c1-3-4-12-28-35-30(33)25(17-18-29(38)39)37(28)21-23-13-15-24(16-14-23)34-31(40)27(20-22-9-6-5-7-10-22)36-19-8-11-26(36)32(41)42-2/h5-11,13-16,19,27H,3-4,12,17-18,20-21H2,1-2H3,(H,34,40)(H,38,39). The van der Waals surface area contributed by atoms with E-state index in [1.165, 1.54) is 7.11 Å². The van der Waals surface area contributed by atoms with Crippen LogP contribution in [0.5, 0.6) is 0 Å². The number of amides is 1. The van der Waals surface area contributed by atoms with E-state index in [-0.39, 0.29) is 18.7 Å². The Morgan fingerprint density at radius 2 is 1.74 bits per heavy atom. The Morgan fingerprint density at radius 3 is 2.40 bits per heavy atom. The topological polar surface area (TPSA) is 115 Å². The molecular formula is C32H35ClN4O5. The van der Waals surface area contributed by atoms with E-state index >= 15 is 0 Å². The molecule has 0 saturated heterocycles. The minimum Gasteiger partial charge on any atom is -0.481 e. The lowest BCUT2D eigenvalue weighted by atomic mass is 10.0. The molecule has 0 aliphatic rings. The first kappa shape index (κ1) is 30.6. The van der Waals surface area contributed by atoms with Crippen LogP contribution in [0, 0.1) is 0 Å². The van der Waals surface area contributed by atoms with Gasteiger partial charge in [-0.2, -0.15) is 0 Å². The Bertz CT molecular complexity index is 1510. The number of carbonyl (C=O) groups is 3. The Kier molecular flexibility index (Phi) is 10.6. The van der Waals surface area contributed by atoms with Gasteiger partial charge < -0.3 is 24.3 Å². The van der Waals surface area contributed by atoms with Crippen LogP contribution in [0.3, 0.4) is 0 Å². The highest BCUT2D eigenvalue weighted by molar-refractivity contribution is 6.30. The van der Waals surface area contributed by atoms with Gasteiger partial charge in [0.1, 0.15) is 17.6 Å². The van der Waals surface area contributed by atoms with Crippen LogP contribution in [-0.2, 0) is 40.1 Å². The Labute approximate surface area is 250 Å². The summed E-state index contributed by atoms with van der Waals surface area (Å²) in [6.07, 6.45) is 5.03. The molecule has 0 radical (unpaired) electrons. The summed E-state index contributed by atoms with van der Waals surface area (Å²) in [7, 11) is 1.31. The highest BCUT2D eigenvalue weighted by atomic mass is 35.5. The van der Waals surface area contributed by atoms with E-state index in [1.807, 2.05) is 59.2 Å². The molecule has 0 aliphatic carbocycles. The van der Waals surface area contributed by atoms with Crippen LogP contribution in [0.15, 0.2) is 72.9 Å². The maximum atomic E-state index is 13.6. The molecule has 2 aromatic heterocycles. The summed E-state index contributed by atoms with van der Waals surface area (Å²) in [6.45, 7) is 2.58. The summed E-state index contributed by atoms with van der Waals surface area (Å²) in [4.78, 5) is 41.7. The molecule has 2 aromatic carbocycles. The molecule has 1 unspecified atom stereocenters. The van der Waals surface area contributed by atoms with Gasteiger partial charge in [-0.1, -0.05) is 67.4 Å². The number of methoxy groups -OCH3 is 1. The number of carbonyl (C=O) groups excluding carboxylic acids is 2. The summed E-state index contributed by atoms with van der Waals surface area (Å²) in [5.41, 5.74) is 3.51. The third-order valence-corrected chi connectivity index (χ3v) is 7.38. The number of aryl methyl sites for hydroxylation is 1. The molecule has 2 N–H and O–H groups in total. The van der Waals surface area contributed by atoms with Crippen LogP contribution in [0.4, 0.5) is 5.69 Å². The minimum absolute atomic E-state index is 0.0349. The van der Waals surface area contributed by atoms with Gasteiger partial charge in [0, 0.05) is 37.7 Å². The zero-order valence-electron chi connectivity index (χ0n) is 23.8. The van der Waals surface area contributed by atoms with Crippen molar-refractivity contribution in [1.29, 1.82) is 0 Å². The number of hydrogen-bond acceptors (Lipinski definition) is 5. The lowest BCUT2D eigenvalue weighted by Gasteiger charge is -2.21. The first-order chi connectivity index (χ1) is 20.3. The molecule has 220 valence electrons. The molecule has 0 fully saturated rings. The maximum absolute atomic E-state index is 13.6. The number of carboxylic acids is 1. The lowest BCUT2D eigenvalue weighted by Crippen LogP contribution is -2.29. The summed E-state index contributed by atoms with van der Waals surface area (Å²) in [5, 5.41) is 12.5. The van der Waals surface area contributed by atoms with E-state index in [9.17, 15) is 19.5 Å². The van der Waals surface area contributed by atoms with Crippen molar-refractivity contribution in [2.45, 2.75) is 58.0 Å². The van der Waals surface area contributed by atoms with E-state index in [1.54, 1.807) is 22.9 Å². The number of rotatable bonds is 14. The van der Waals surface area contributed by atoms with Crippen molar-refractivity contribution < 1.29 is 24.2 Å². The van der Waals surface area contributed by atoms with Crippen molar-refractivity contribution in [2.24, 2.45) is 0 Å². The summed E-state index contributed by atoms with van der Waals surface area (Å²) < 4.78 is 8.57. The van der Waals surface area contributed by atoms with Gasteiger partial charge in [0.15, 0.2) is 5.15 Å². The summed E-state index contributed by atoms with van der Waals surface area (Å²) in [5.74, 6) is -0.849. The Hall–Kier alpha value is -4.37. The zero-order chi connectivity index (χ0) is 30.1. The molecule has 4 aromatic rings. The SMILES string of the molecule is CCCCc1nc(Cl)c(CCC(=O)O)n1Cc1ccc(NC(=O)C(Cc2ccccc2)n2cccc2C(=O)OC)cc1. The van der Waals surface area contributed by atoms with Gasteiger partial charge >= 0.3 is 11.9 Å². The summed E-state index contributed by atoms with van der Waals surface area (Å²) in [6, 6.07) is 19.7. The van der Waals surface area contributed by atoms with Gasteiger partial charge in [-0.25, -0.2) is 9.78 Å². The monoisotopic (exact) mass is 590 g/mol. The van der Waals surface area contributed by atoms with Crippen molar-refractivity contribution >= 4 is 35.1 Å². The van der Waals surface area contributed by atoms with Crippen LogP contribution in [0.1, 0.15) is 65.4 Å². The highest BCUT2D eigenvalue weighted by Gasteiger charge is 2.25. The quantitative estimate of drug-likeness (QED) is 0.175. The Morgan fingerprint density at radius 1 is 1.00 bits per heavy atom. The Balaban J connectivity index is 1.54. The minimum atomic E-state index is -0.891. The fourth-order valence-electron chi connectivity index (χ4n) is 4.88. The molecule has 2 heterocycles. The average Bonchev–Trinajstić information content (AvgIpc) is 3.59. The molecule has 1 atom stereocenters. The zero-order valence-corrected chi connectivity index (χ0v) is 24.5. The number of hydrogen-bond donors (Lipinski definition) is 2. The number of halogens is 1. The van der Waals surface area contributed by atoms with Crippen LogP contribution >= 0.6 is 11.6 Å². The molecule has 1 amide bonds. The first-order valence-electron chi connectivity index (χ1n) is 13.9. The third kappa shape index (κ3) is 7.67. The third-order valence-electron chi connectivity index (χ3n) is 7.08. The number of esters is 1. The number of unbranched alkanes of at least 4 members (excludes halogenated alkanes) is 1. The highest BCUT2D eigenvalue weighted by Crippen LogP contribution is 2.24. The van der Waals surface area contributed by atoms with E-state index in [4.69, 9.17) is 16.3 Å². The van der Waals surface area contributed by atoms with Crippen LogP contribution in [0.25, 0.3) is 0 Å². The molecule has 0 aliphatic heterocycles. The molecule has 9 nitrogen and oxygen atoms in total. The molecule has 10 heteroatoms. The van der Waals surface area contributed by atoms with E-state index in [0.717, 1.165) is 36.2 Å². The molecule has 4 rings (SSSR count). The average molecular weight is 591 g/mol. The fraction of sp³-hybridized carbons (Fsp3) is 0.312. The number of carboxylic acid groups (broad SMARTS) is 1. The maximum Gasteiger partial charge on any atom is 0.354 e. The number of nitrogens with one attached hydrogen (secondary N) is 1. The van der Waals surface area contributed by atoms with Gasteiger partial charge in [-0.3, -0.25) is 9.59 Å². The normalized spacial score (nSPS) is 11.7. The molecule has 42 heavy (non-hydrogen) atoms. The number of ether oxygens (including phenoxy) is 1. The predicted molar refractivity (Wildman–Crippen MR) is 161 cm³/mol. The molecule has 0 spiro atoms. The van der Waals surface area contributed by atoms with Gasteiger partial charge in [0.25, 0.3) is 0 Å². The van der Waals surface area contributed by atoms with E-state index < -0.39 is 18.0 Å². The smallest absolute Gasteiger partial charge is 0.354 e. The predicted octanol–water partition coefficient (Wildman–Crippen LogP) is 5.96. The first-order valence-corrected chi connectivity index (χ1v) is 14.3. The van der Waals surface area contributed by atoms with Crippen molar-refractivity contribution in [3.8, 4) is 0 Å². The number of anilines is 1. The second-order valence-electron chi connectivity index (χ2n) is 10.0. The lowest BCUT2D eigenvalue weighted by molar-refractivity contribution is -0.137. The largest absolute Gasteiger partial charge is 0.481 e. The molecule has 0 bridgehead atoms.